The van der Waals surface area contributed by atoms with Crippen molar-refractivity contribution < 1.29 is 9.72 Å². The zero-order valence-corrected chi connectivity index (χ0v) is 12.5. The van der Waals surface area contributed by atoms with Gasteiger partial charge in [-0.1, -0.05) is 6.92 Å². The van der Waals surface area contributed by atoms with Gasteiger partial charge in [0.1, 0.15) is 5.56 Å². The zero-order valence-electron chi connectivity index (χ0n) is 12.5. The first-order valence-electron chi connectivity index (χ1n) is 7.41. The second-order valence-corrected chi connectivity index (χ2v) is 5.25. The number of benzene rings is 1. The smallest absolute Gasteiger partial charge is 0.282 e. The van der Waals surface area contributed by atoms with Crippen LogP contribution in [0.15, 0.2) is 18.2 Å². The summed E-state index contributed by atoms with van der Waals surface area (Å²) in [4.78, 5) is 25.2. The van der Waals surface area contributed by atoms with Crippen LogP contribution in [0, 0.1) is 10.1 Å². The van der Waals surface area contributed by atoms with Gasteiger partial charge in [0.25, 0.3) is 11.6 Å². The molecule has 0 spiro atoms. The molecule has 6 nitrogen and oxygen atoms in total. The van der Waals surface area contributed by atoms with Gasteiger partial charge in [0.05, 0.1) is 4.92 Å². The van der Waals surface area contributed by atoms with Crippen molar-refractivity contribution in [1.29, 1.82) is 0 Å². The Morgan fingerprint density at radius 1 is 1.43 bits per heavy atom. The SMILES string of the molecule is CCCN(C(=O)c1cc(NCC)ccc1[N+](=O)[O-])C1CC1. The molecule has 0 unspecified atom stereocenters. The minimum absolute atomic E-state index is 0.122. The Hall–Kier alpha value is -2.11. The molecule has 114 valence electrons. The summed E-state index contributed by atoms with van der Waals surface area (Å²) in [6.45, 7) is 5.29. The van der Waals surface area contributed by atoms with Crippen LogP contribution in [-0.4, -0.2) is 34.9 Å². The van der Waals surface area contributed by atoms with Crippen molar-refractivity contribution in [2.45, 2.75) is 39.2 Å². The lowest BCUT2D eigenvalue weighted by Crippen LogP contribution is -2.34. The highest BCUT2D eigenvalue weighted by atomic mass is 16.6. The Balaban J connectivity index is 2.35. The molecule has 21 heavy (non-hydrogen) atoms. The first kappa shape index (κ1) is 15.3. The van der Waals surface area contributed by atoms with Gasteiger partial charge in [-0.25, -0.2) is 0 Å². The van der Waals surface area contributed by atoms with Crippen LogP contribution in [0.1, 0.15) is 43.5 Å². The molecule has 1 saturated carbocycles. The van der Waals surface area contributed by atoms with Crippen molar-refractivity contribution >= 4 is 17.3 Å². The Bertz CT molecular complexity index is 541. The number of nitro benzene ring substituents is 1. The molecule has 1 amide bonds. The largest absolute Gasteiger partial charge is 0.385 e. The summed E-state index contributed by atoms with van der Waals surface area (Å²) in [5.74, 6) is -0.231. The first-order chi connectivity index (χ1) is 10.1. The van der Waals surface area contributed by atoms with Gasteiger partial charge in [0, 0.05) is 30.9 Å². The zero-order chi connectivity index (χ0) is 15.4. The van der Waals surface area contributed by atoms with E-state index in [9.17, 15) is 14.9 Å². The fourth-order valence-electron chi connectivity index (χ4n) is 2.41. The first-order valence-corrected chi connectivity index (χ1v) is 7.41. The van der Waals surface area contributed by atoms with E-state index < -0.39 is 4.92 Å². The molecule has 0 heterocycles. The minimum Gasteiger partial charge on any atom is -0.385 e. The summed E-state index contributed by atoms with van der Waals surface area (Å²) in [6, 6.07) is 4.89. The maximum absolute atomic E-state index is 12.7. The number of hydrogen-bond donors (Lipinski definition) is 1. The number of nitro groups is 1. The van der Waals surface area contributed by atoms with Gasteiger partial charge < -0.3 is 10.2 Å². The maximum atomic E-state index is 12.7. The number of anilines is 1. The van der Waals surface area contributed by atoms with Crippen LogP contribution >= 0.6 is 0 Å². The molecular formula is C15H21N3O3. The number of hydrogen-bond acceptors (Lipinski definition) is 4. The van der Waals surface area contributed by atoms with Crippen molar-refractivity contribution in [3.05, 3.63) is 33.9 Å². The number of amides is 1. The van der Waals surface area contributed by atoms with Gasteiger partial charge >= 0.3 is 0 Å². The second kappa shape index (κ2) is 6.56. The van der Waals surface area contributed by atoms with E-state index >= 15 is 0 Å². The predicted octanol–water partition coefficient (Wildman–Crippen LogP) is 3.04. The minimum atomic E-state index is -0.486. The Morgan fingerprint density at radius 2 is 2.14 bits per heavy atom. The molecule has 0 saturated heterocycles. The van der Waals surface area contributed by atoms with Gasteiger partial charge in [-0.05, 0) is 38.3 Å². The summed E-state index contributed by atoms with van der Waals surface area (Å²) in [6.07, 6.45) is 2.84. The highest BCUT2D eigenvalue weighted by Gasteiger charge is 2.35. The Morgan fingerprint density at radius 3 is 2.67 bits per heavy atom. The van der Waals surface area contributed by atoms with E-state index in [1.54, 1.807) is 17.0 Å². The van der Waals surface area contributed by atoms with Crippen LogP contribution in [-0.2, 0) is 0 Å². The van der Waals surface area contributed by atoms with Crippen molar-refractivity contribution in [1.82, 2.24) is 4.90 Å². The summed E-state index contributed by atoms with van der Waals surface area (Å²) in [7, 11) is 0. The Labute approximate surface area is 124 Å². The van der Waals surface area contributed by atoms with Gasteiger partial charge in [-0.15, -0.1) is 0 Å². The van der Waals surface area contributed by atoms with Crippen molar-refractivity contribution in [2.24, 2.45) is 0 Å². The van der Waals surface area contributed by atoms with Crippen LogP contribution in [0.5, 0.6) is 0 Å². The van der Waals surface area contributed by atoms with E-state index in [2.05, 4.69) is 5.32 Å². The van der Waals surface area contributed by atoms with E-state index in [0.717, 1.165) is 24.9 Å². The lowest BCUT2D eigenvalue weighted by atomic mass is 10.1. The third-order valence-corrected chi connectivity index (χ3v) is 3.52. The van der Waals surface area contributed by atoms with E-state index in [1.807, 2.05) is 13.8 Å². The quantitative estimate of drug-likeness (QED) is 0.619. The Kier molecular flexibility index (Phi) is 4.77. The molecule has 0 radical (unpaired) electrons. The third kappa shape index (κ3) is 3.51. The van der Waals surface area contributed by atoms with Crippen molar-refractivity contribution in [3.8, 4) is 0 Å². The second-order valence-electron chi connectivity index (χ2n) is 5.25. The fraction of sp³-hybridized carbons (Fsp3) is 0.533. The van der Waals surface area contributed by atoms with Crippen molar-refractivity contribution in [2.75, 3.05) is 18.4 Å². The van der Waals surface area contributed by atoms with Gasteiger partial charge in [0.15, 0.2) is 0 Å². The molecule has 0 bridgehead atoms. The predicted molar refractivity (Wildman–Crippen MR) is 81.6 cm³/mol. The van der Waals surface area contributed by atoms with E-state index in [1.165, 1.54) is 6.07 Å². The molecule has 1 fully saturated rings. The highest BCUT2D eigenvalue weighted by Crippen LogP contribution is 2.31. The number of rotatable bonds is 7. The fourth-order valence-corrected chi connectivity index (χ4v) is 2.41. The average molecular weight is 291 g/mol. The molecule has 1 aromatic rings. The summed E-state index contributed by atoms with van der Waals surface area (Å²) in [5, 5.41) is 14.3. The summed E-state index contributed by atoms with van der Waals surface area (Å²) in [5.41, 5.74) is 0.793. The molecule has 1 aliphatic carbocycles. The van der Waals surface area contributed by atoms with Crippen LogP contribution in [0.2, 0.25) is 0 Å². The molecule has 1 aliphatic rings. The monoisotopic (exact) mass is 291 g/mol. The number of nitrogens with one attached hydrogen (secondary N) is 1. The third-order valence-electron chi connectivity index (χ3n) is 3.52. The topological polar surface area (TPSA) is 75.5 Å². The average Bonchev–Trinajstić information content (AvgIpc) is 3.28. The molecule has 0 aliphatic heterocycles. The van der Waals surface area contributed by atoms with Gasteiger partial charge in [0.2, 0.25) is 0 Å². The highest BCUT2D eigenvalue weighted by molar-refractivity contribution is 5.99. The number of carbonyl (C=O) groups excluding carboxylic acids is 1. The molecule has 0 atom stereocenters. The molecule has 0 aromatic heterocycles. The summed E-state index contributed by atoms with van der Waals surface area (Å²) >= 11 is 0. The van der Waals surface area contributed by atoms with Crippen LogP contribution in [0.4, 0.5) is 11.4 Å². The van der Waals surface area contributed by atoms with Crippen LogP contribution in [0.3, 0.4) is 0 Å². The lowest BCUT2D eigenvalue weighted by molar-refractivity contribution is -0.385. The molecule has 2 rings (SSSR count). The molecule has 1 N–H and O–H groups in total. The van der Waals surface area contributed by atoms with Crippen LogP contribution in [0.25, 0.3) is 0 Å². The van der Waals surface area contributed by atoms with Gasteiger partial charge in [-0.3, -0.25) is 14.9 Å². The van der Waals surface area contributed by atoms with E-state index in [-0.39, 0.29) is 23.2 Å². The molecule has 1 aromatic carbocycles. The normalized spacial score (nSPS) is 13.8. The van der Waals surface area contributed by atoms with E-state index in [4.69, 9.17) is 0 Å². The van der Waals surface area contributed by atoms with E-state index in [0.29, 0.717) is 13.1 Å². The molecular weight excluding hydrogens is 270 g/mol. The molecule has 6 heteroatoms. The standard InChI is InChI=1S/C15H21N3O3/c1-3-9-17(12-6-7-12)15(19)13-10-11(16-4-2)5-8-14(13)18(20)21/h5,8,10,12,16H,3-4,6-7,9H2,1-2H3. The maximum Gasteiger partial charge on any atom is 0.282 e. The van der Waals surface area contributed by atoms with Crippen LogP contribution < -0.4 is 5.32 Å². The van der Waals surface area contributed by atoms with Gasteiger partial charge in [-0.2, -0.15) is 0 Å². The number of carbonyl (C=O) groups is 1. The van der Waals surface area contributed by atoms with Crippen molar-refractivity contribution in [3.63, 3.8) is 0 Å². The summed E-state index contributed by atoms with van der Waals surface area (Å²) < 4.78 is 0. The number of nitrogens with zero attached hydrogens (tertiary/aromatic N) is 2. The lowest BCUT2D eigenvalue weighted by Gasteiger charge is -2.22.